The van der Waals surface area contributed by atoms with Crippen LogP contribution in [-0.2, 0) is 14.6 Å². The molecule has 1 aromatic carbocycles. The average Bonchev–Trinajstić information content (AvgIpc) is 2.40. The Bertz CT molecular complexity index is 583. The minimum atomic E-state index is -3.17. The summed E-state index contributed by atoms with van der Waals surface area (Å²) in [4.78, 5) is 12.0. The molecule has 21 heavy (non-hydrogen) atoms. The molecule has 7 heteroatoms. The summed E-state index contributed by atoms with van der Waals surface area (Å²) in [7, 11) is -3.17. The van der Waals surface area contributed by atoms with E-state index in [0.717, 1.165) is 0 Å². The number of ether oxygens (including phenoxy) is 2. The molecule has 0 unspecified atom stereocenters. The van der Waals surface area contributed by atoms with Crippen molar-refractivity contribution < 1.29 is 22.7 Å². The van der Waals surface area contributed by atoms with Crippen molar-refractivity contribution in [2.24, 2.45) is 0 Å². The number of hydrogen-bond donors (Lipinski definition) is 1. The van der Waals surface area contributed by atoms with E-state index in [9.17, 15) is 13.2 Å². The first-order valence-corrected chi connectivity index (χ1v) is 8.62. The first-order chi connectivity index (χ1) is 9.91. The molecule has 0 aliphatic heterocycles. The highest BCUT2D eigenvalue weighted by molar-refractivity contribution is 7.91. The Morgan fingerprint density at radius 3 is 2.57 bits per heavy atom. The Hall–Kier alpha value is -1.76. The lowest BCUT2D eigenvalue weighted by molar-refractivity contribution is 0.0525. The molecule has 2 N–H and O–H groups in total. The summed E-state index contributed by atoms with van der Waals surface area (Å²) in [6.45, 7) is 3.74. The molecule has 0 aliphatic carbocycles. The van der Waals surface area contributed by atoms with Crippen LogP contribution in [0.5, 0.6) is 5.75 Å². The van der Waals surface area contributed by atoms with Crippen molar-refractivity contribution in [3.63, 3.8) is 0 Å². The predicted molar refractivity (Wildman–Crippen MR) is 81.3 cm³/mol. The zero-order valence-electron chi connectivity index (χ0n) is 12.3. The topological polar surface area (TPSA) is 95.7 Å². The molecule has 0 aromatic heterocycles. The van der Waals surface area contributed by atoms with Gasteiger partial charge in [-0.15, -0.1) is 0 Å². The molecule has 0 amide bonds. The van der Waals surface area contributed by atoms with Gasteiger partial charge < -0.3 is 15.2 Å². The van der Waals surface area contributed by atoms with Crippen LogP contribution < -0.4 is 10.5 Å². The number of para-hydroxylation sites is 1. The van der Waals surface area contributed by atoms with Gasteiger partial charge >= 0.3 is 5.97 Å². The number of esters is 1. The van der Waals surface area contributed by atoms with E-state index in [1.54, 1.807) is 26.0 Å². The predicted octanol–water partition coefficient (Wildman–Crippen LogP) is 1.65. The number of rotatable bonds is 8. The molecule has 0 heterocycles. The van der Waals surface area contributed by atoms with E-state index in [1.807, 2.05) is 0 Å². The first-order valence-electron chi connectivity index (χ1n) is 6.80. The fraction of sp³-hybridized carbons (Fsp3) is 0.500. The number of carbonyl (C=O) groups is 1. The normalized spacial score (nSPS) is 11.1. The summed E-state index contributed by atoms with van der Waals surface area (Å²) in [6.07, 6.45) is 0.542. The second-order valence-corrected chi connectivity index (χ2v) is 6.75. The van der Waals surface area contributed by atoms with E-state index < -0.39 is 15.8 Å². The summed E-state index contributed by atoms with van der Waals surface area (Å²) in [5, 5.41) is 0. The number of hydrogen-bond acceptors (Lipinski definition) is 6. The second-order valence-electron chi connectivity index (χ2n) is 4.44. The molecule has 6 nitrogen and oxygen atoms in total. The molecule has 0 saturated carbocycles. The van der Waals surface area contributed by atoms with E-state index in [-0.39, 0.29) is 29.4 Å². The highest BCUT2D eigenvalue weighted by Crippen LogP contribution is 2.26. The van der Waals surface area contributed by atoms with Crippen molar-refractivity contribution in [3.8, 4) is 5.75 Å². The van der Waals surface area contributed by atoms with E-state index in [4.69, 9.17) is 15.2 Å². The number of carbonyl (C=O) groups excluding carboxylic acids is 1. The van der Waals surface area contributed by atoms with Crippen LogP contribution in [0.1, 0.15) is 30.6 Å². The lowest BCUT2D eigenvalue weighted by atomic mass is 10.2. The molecule has 0 saturated heterocycles. The van der Waals surface area contributed by atoms with Crippen LogP contribution in [0.15, 0.2) is 18.2 Å². The van der Waals surface area contributed by atoms with E-state index in [2.05, 4.69) is 0 Å². The fourth-order valence-electron chi connectivity index (χ4n) is 1.77. The molecule has 0 radical (unpaired) electrons. The molecule has 118 valence electrons. The SMILES string of the molecule is CCCS(=O)(=O)CCOC(=O)c1cccc(N)c1OCC. The Morgan fingerprint density at radius 2 is 1.95 bits per heavy atom. The van der Waals surface area contributed by atoms with Crippen LogP contribution in [-0.4, -0.2) is 39.1 Å². The van der Waals surface area contributed by atoms with Gasteiger partial charge in [0.05, 0.1) is 23.8 Å². The van der Waals surface area contributed by atoms with Gasteiger partial charge in [0.25, 0.3) is 0 Å². The van der Waals surface area contributed by atoms with Crippen molar-refractivity contribution in [3.05, 3.63) is 23.8 Å². The maximum Gasteiger partial charge on any atom is 0.342 e. The number of nitrogen functional groups attached to an aromatic ring is 1. The average molecular weight is 315 g/mol. The van der Waals surface area contributed by atoms with E-state index in [0.29, 0.717) is 18.7 Å². The van der Waals surface area contributed by atoms with Crippen molar-refractivity contribution in [1.29, 1.82) is 0 Å². The fourth-order valence-corrected chi connectivity index (χ4v) is 2.94. The number of benzene rings is 1. The summed E-state index contributed by atoms with van der Waals surface area (Å²) in [5.74, 6) is -0.467. The van der Waals surface area contributed by atoms with Crippen LogP contribution in [0, 0.1) is 0 Å². The molecular formula is C14H21NO5S. The largest absolute Gasteiger partial charge is 0.491 e. The third kappa shape index (κ3) is 5.26. The van der Waals surface area contributed by atoms with Gasteiger partial charge in [-0.2, -0.15) is 0 Å². The summed E-state index contributed by atoms with van der Waals surface area (Å²) < 4.78 is 33.4. The van der Waals surface area contributed by atoms with Crippen molar-refractivity contribution in [1.82, 2.24) is 0 Å². The molecule has 1 rings (SSSR count). The molecule has 0 atom stereocenters. The Kier molecular flexibility index (Phi) is 6.48. The van der Waals surface area contributed by atoms with Crippen LogP contribution in [0.4, 0.5) is 5.69 Å². The van der Waals surface area contributed by atoms with Gasteiger partial charge in [-0.05, 0) is 25.5 Å². The number of nitrogens with two attached hydrogens (primary N) is 1. The zero-order valence-corrected chi connectivity index (χ0v) is 13.1. The molecule has 0 spiro atoms. The van der Waals surface area contributed by atoms with Crippen molar-refractivity contribution in [2.75, 3.05) is 30.5 Å². The summed E-state index contributed by atoms with van der Waals surface area (Å²) in [6, 6.07) is 4.76. The van der Waals surface area contributed by atoms with E-state index >= 15 is 0 Å². The molecule has 0 fully saturated rings. The van der Waals surface area contributed by atoms with Gasteiger partial charge in [0.2, 0.25) is 0 Å². The lowest BCUT2D eigenvalue weighted by Gasteiger charge is -2.12. The smallest absolute Gasteiger partial charge is 0.342 e. The maximum absolute atomic E-state index is 12.0. The van der Waals surface area contributed by atoms with Crippen LogP contribution in [0.2, 0.25) is 0 Å². The molecular weight excluding hydrogens is 294 g/mol. The Morgan fingerprint density at radius 1 is 1.24 bits per heavy atom. The van der Waals surface area contributed by atoms with Gasteiger partial charge in [0.1, 0.15) is 12.2 Å². The summed E-state index contributed by atoms with van der Waals surface area (Å²) >= 11 is 0. The third-order valence-electron chi connectivity index (χ3n) is 2.70. The lowest BCUT2D eigenvalue weighted by Crippen LogP contribution is -2.18. The molecule has 0 aliphatic rings. The Balaban J connectivity index is 2.71. The highest BCUT2D eigenvalue weighted by atomic mass is 32.2. The maximum atomic E-state index is 12.0. The van der Waals surface area contributed by atoms with Gasteiger partial charge in [-0.25, -0.2) is 13.2 Å². The summed E-state index contributed by atoms with van der Waals surface area (Å²) in [5.41, 5.74) is 6.29. The van der Waals surface area contributed by atoms with Crippen molar-refractivity contribution in [2.45, 2.75) is 20.3 Å². The minimum absolute atomic E-state index is 0.0903. The van der Waals surface area contributed by atoms with Crippen molar-refractivity contribution >= 4 is 21.5 Å². The van der Waals surface area contributed by atoms with Gasteiger partial charge in [-0.3, -0.25) is 0 Å². The second kappa shape index (κ2) is 7.87. The zero-order chi connectivity index (χ0) is 15.9. The number of anilines is 1. The number of sulfone groups is 1. The quantitative estimate of drug-likeness (QED) is 0.579. The van der Waals surface area contributed by atoms with Gasteiger partial charge in [0, 0.05) is 0 Å². The highest BCUT2D eigenvalue weighted by Gasteiger charge is 2.17. The molecule has 1 aromatic rings. The van der Waals surface area contributed by atoms with Crippen LogP contribution in [0.25, 0.3) is 0 Å². The van der Waals surface area contributed by atoms with Crippen LogP contribution >= 0.6 is 0 Å². The minimum Gasteiger partial charge on any atom is -0.491 e. The Labute approximate surface area is 125 Å². The monoisotopic (exact) mass is 315 g/mol. The standard InChI is InChI=1S/C14H21NO5S/c1-3-9-21(17,18)10-8-20-14(16)11-6-5-7-12(15)13(11)19-4-2/h5-7H,3-4,8-10,15H2,1-2H3. The van der Waals surface area contributed by atoms with Crippen LogP contribution in [0.3, 0.4) is 0 Å². The third-order valence-corrected chi connectivity index (χ3v) is 4.52. The van der Waals surface area contributed by atoms with Gasteiger partial charge in [0.15, 0.2) is 15.6 Å². The van der Waals surface area contributed by atoms with E-state index in [1.165, 1.54) is 6.07 Å². The first kappa shape index (κ1) is 17.3. The molecule has 0 bridgehead atoms. The van der Waals surface area contributed by atoms with Gasteiger partial charge in [-0.1, -0.05) is 13.0 Å².